The lowest BCUT2D eigenvalue weighted by Crippen LogP contribution is -2.35. The predicted molar refractivity (Wildman–Crippen MR) is 84.1 cm³/mol. The SMILES string of the molecule is O=C(CCc1csc(-c2ccccn2)n1)N1CCCCC1. The fourth-order valence-corrected chi connectivity index (χ4v) is 3.39. The summed E-state index contributed by atoms with van der Waals surface area (Å²) < 4.78 is 0. The molecule has 1 fully saturated rings. The molecule has 0 spiro atoms. The van der Waals surface area contributed by atoms with E-state index in [1.54, 1.807) is 17.5 Å². The molecule has 1 aliphatic heterocycles. The van der Waals surface area contributed by atoms with Crippen molar-refractivity contribution in [1.82, 2.24) is 14.9 Å². The molecular formula is C16H19N3OS. The maximum Gasteiger partial charge on any atom is 0.222 e. The number of aromatic nitrogens is 2. The molecule has 0 N–H and O–H groups in total. The second-order valence-electron chi connectivity index (χ2n) is 5.30. The summed E-state index contributed by atoms with van der Waals surface area (Å²) in [6, 6.07) is 5.82. The van der Waals surface area contributed by atoms with E-state index in [2.05, 4.69) is 9.97 Å². The highest BCUT2D eigenvalue weighted by atomic mass is 32.1. The van der Waals surface area contributed by atoms with E-state index in [9.17, 15) is 4.79 Å². The predicted octanol–water partition coefficient (Wildman–Crippen LogP) is 3.15. The van der Waals surface area contributed by atoms with E-state index in [4.69, 9.17) is 0 Å². The molecule has 2 aromatic rings. The number of hydrogen-bond acceptors (Lipinski definition) is 4. The van der Waals surface area contributed by atoms with Crippen molar-refractivity contribution in [3.63, 3.8) is 0 Å². The highest BCUT2D eigenvalue weighted by Crippen LogP contribution is 2.22. The summed E-state index contributed by atoms with van der Waals surface area (Å²) in [5, 5.41) is 2.96. The number of carbonyl (C=O) groups is 1. The highest BCUT2D eigenvalue weighted by Gasteiger charge is 2.16. The summed E-state index contributed by atoms with van der Waals surface area (Å²) in [6.45, 7) is 1.85. The van der Waals surface area contributed by atoms with Crippen LogP contribution >= 0.6 is 11.3 Å². The van der Waals surface area contributed by atoms with Gasteiger partial charge in [-0.15, -0.1) is 11.3 Å². The summed E-state index contributed by atoms with van der Waals surface area (Å²) in [7, 11) is 0. The van der Waals surface area contributed by atoms with Crippen molar-refractivity contribution >= 4 is 17.2 Å². The van der Waals surface area contributed by atoms with Crippen LogP contribution in [0.3, 0.4) is 0 Å². The van der Waals surface area contributed by atoms with Gasteiger partial charge in [-0.3, -0.25) is 9.78 Å². The molecule has 1 amide bonds. The number of nitrogens with zero attached hydrogens (tertiary/aromatic N) is 3. The summed E-state index contributed by atoms with van der Waals surface area (Å²) in [6.07, 6.45) is 6.60. The number of hydrogen-bond donors (Lipinski definition) is 0. The van der Waals surface area contributed by atoms with E-state index in [-0.39, 0.29) is 5.91 Å². The molecule has 0 bridgehead atoms. The van der Waals surface area contributed by atoms with Crippen LogP contribution in [0.5, 0.6) is 0 Å². The largest absolute Gasteiger partial charge is 0.343 e. The zero-order valence-electron chi connectivity index (χ0n) is 12.0. The Kier molecular flexibility index (Phi) is 4.60. The van der Waals surface area contributed by atoms with Crippen molar-refractivity contribution in [2.24, 2.45) is 0 Å². The molecule has 3 rings (SSSR count). The number of likely N-dealkylation sites (tertiary alicyclic amines) is 1. The smallest absolute Gasteiger partial charge is 0.222 e. The Morgan fingerprint density at radius 1 is 1.24 bits per heavy atom. The molecule has 0 radical (unpaired) electrons. The minimum Gasteiger partial charge on any atom is -0.343 e. The Balaban J connectivity index is 1.56. The van der Waals surface area contributed by atoms with Crippen molar-refractivity contribution < 1.29 is 4.79 Å². The maximum atomic E-state index is 12.1. The van der Waals surface area contributed by atoms with E-state index >= 15 is 0 Å². The Labute approximate surface area is 128 Å². The number of aryl methyl sites for hydroxylation is 1. The standard InChI is InChI=1S/C16H19N3OS/c20-15(19-10-4-1-5-11-19)8-7-13-12-21-16(18-13)14-6-2-3-9-17-14/h2-3,6,9,12H,1,4-5,7-8,10-11H2. The number of pyridine rings is 1. The topological polar surface area (TPSA) is 46.1 Å². The second-order valence-corrected chi connectivity index (χ2v) is 6.16. The average molecular weight is 301 g/mol. The molecule has 0 aromatic carbocycles. The van der Waals surface area contributed by atoms with Crippen molar-refractivity contribution in [2.45, 2.75) is 32.1 Å². The van der Waals surface area contributed by atoms with Crippen molar-refractivity contribution in [3.05, 3.63) is 35.5 Å². The molecule has 3 heterocycles. The van der Waals surface area contributed by atoms with Crippen LogP contribution in [0.25, 0.3) is 10.7 Å². The second kappa shape index (κ2) is 6.80. The van der Waals surface area contributed by atoms with Gasteiger partial charge < -0.3 is 4.90 Å². The van der Waals surface area contributed by atoms with E-state index in [1.165, 1.54) is 6.42 Å². The lowest BCUT2D eigenvalue weighted by Gasteiger charge is -2.26. The molecule has 0 saturated carbocycles. The highest BCUT2D eigenvalue weighted by molar-refractivity contribution is 7.13. The molecule has 5 heteroatoms. The monoisotopic (exact) mass is 301 g/mol. The van der Waals surface area contributed by atoms with E-state index < -0.39 is 0 Å². The number of amides is 1. The van der Waals surface area contributed by atoms with E-state index in [1.807, 2.05) is 28.5 Å². The van der Waals surface area contributed by atoms with Gasteiger partial charge in [0.2, 0.25) is 5.91 Å². The molecule has 21 heavy (non-hydrogen) atoms. The average Bonchev–Trinajstić information content (AvgIpc) is 3.03. The molecular weight excluding hydrogens is 282 g/mol. The zero-order valence-corrected chi connectivity index (χ0v) is 12.8. The first-order valence-corrected chi connectivity index (χ1v) is 8.34. The van der Waals surface area contributed by atoms with Crippen LogP contribution in [0.1, 0.15) is 31.4 Å². The van der Waals surface area contributed by atoms with Gasteiger partial charge in [-0.1, -0.05) is 6.07 Å². The van der Waals surface area contributed by atoms with Gasteiger partial charge >= 0.3 is 0 Å². The number of piperidine rings is 1. The lowest BCUT2D eigenvalue weighted by atomic mass is 10.1. The van der Waals surface area contributed by atoms with Crippen molar-refractivity contribution in [3.8, 4) is 10.7 Å². The number of carbonyl (C=O) groups excluding carboxylic acids is 1. The zero-order chi connectivity index (χ0) is 14.5. The van der Waals surface area contributed by atoms with E-state index in [0.717, 1.165) is 48.7 Å². The molecule has 4 nitrogen and oxygen atoms in total. The van der Waals surface area contributed by atoms with Gasteiger partial charge in [-0.05, 0) is 37.8 Å². The van der Waals surface area contributed by atoms with Gasteiger partial charge in [0.1, 0.15) is 5.01 Å². The summed E-state index contributed by atoms with van der Waals surface area (Å²) in [4.78, 5) is 23.0. The Hall–Kier alpha value is -1.75. The Bertz CT molecular complexity index is 591. The normalized spacial score (nSPS) is 15.1. The third-order valence-electron chi connectivity index (χ3n) is 3.74. The van der Waals surface area contributed by atoms with Crippen LogP contribution in [0.15, 0.2) is 29.8 Å². The Morgan fingerprint density at radius 2 is 2.10 bits per heavy atom. The molecule has 1 saturated heterocycles. The minimum atomic E-state index is 0.266. The van der Waals surface area contributed by atoms with Gasteiger partial charge in [-0.25, -0.2) is 4.98 Å². The maximum absolute atomic E-state index is 12.1. The van der Waals surface area contributed by atoms with Crippen molar-refractivity contribution in [2.75, 3.05) is 13.1 Å². The first-order valence-electron chi connectivity index (χ1n) is 7.46. The lowest BCUT2D eigenvalue weighted by molar-refractivity contribution is -0.132. The molecule has 1 aliphatic rings. The van der Waals surface area contributed by atoms with Gasteiger partial charge in [0, 0.05) is 31.1 Å². The number of rotatable bonds is 4. The third kappa shape index (κ3) is 3.67. The van der Waals surface area contributed by atoms with Crippen LogP contribution in [-0.4, -0.2) is 33.9 Å². The third-order valence-corrected chi connectivity index (χ3v) is 4.65. The van der Waals surface area contributed by atoms with Crippen LogP contribution in [0, 0.1) is 0 Å². The molecule has 0 atom stereocenters. The van der Waals surface area contributed by atoms with Crippen LogP contribution in [0.2, 0.25) is 0 Å². The summed E-state index contributed by atoms with van der Waals surface area (Å²) in [5.74, 6) is 0.266. The molecule has 2 aromatic heterocycles. The number of thiazole rings is 1. The van der Waals surface area contributed by atoms with Crippen LogP contribution in [0.4, 0.5) is 0 Å². The van der Waals surface area contributed by atoms with Gasteiger partial charge in [-0.2, -0.15) is 0 Å². The van der Waals surface area contributed by atoms with Crippen LogP contribution in [-0.2, 0) is 11.2 Å². The quantitative estimate of drug-likeness (QED) is 0.871. The first-order chi connectivity index (χ1) is 10.3. The van der Waals surface area contributed by atoms with Gasteiger partial charge in [0.05, 0.1) is 11.4 Å². The van der Waals surface area contributed by atoms with Gasteiger partial charge in [0.25, 0.3) is 0 Å². The molecule has 110 valence electrons. The fourth-order valence-electron chi connectivity index (χ4n) is 2.57. The molecule has 0 aliphatic carbocycles. The van der Waals surface area contributed by atoms with Crippen molar-refractivity contribution in [1.29, 1.82) is 0 Å². The fraction of sp³-hybridized carbons (Fsp3) is 0.438. The summed E-state index contributed by atoms with van der Waals surface area (Å²) in [5.41, 5.74) is 1.89. The molecule has 0 unspecified atom stereocenters. The first kappa shape index (κ1) is 14.2. The van der Waals surface area contributed by atoms with Gasteiger partial charge in [0.15, 0.2) is 0 Å². The summed E-state index contributed by atoms with van der Waals surface area (Å²) >= 11 is 1.59. The Morgan fingerprint density at radius 3 is 2.86 bits per heavy atom. The minimum absolute atomic E-state index is 0.266. The van der Waals surface area contributed by atoms with E-state index in [0.29, 0.717) is 6.42 Å². The van der Waals surface area contributed by atoms with Crippen LogP contribution < -0.4 is 0 Å².